The molecule has 1 unspecified atom stereocenters. The molecule has 0 fully saturated rings. The lowest BCUT2D eigenvalue weighted by Crippen LogP contribution is -2.29. The van der Waals surface area contributed by atoms with E-state index in [-0.39, 0.29) is 5.56 Å². The molecule has 0 aliphatic heterocycles. The maximum atomic E-state index is 14.3. The van der Waals surface area contributed by atoms with Gasteiger partial charge in [0.2, 0.25) is 0 Å². The minimum absolute atomic E-state index is 0.0409. The Labute approximate surface area is 163 Å². The number of halogens is 2. The van der Waals surface area contributed by atoms with Crippen molar-refractivity contribution in [3.8, 4) is 11.4 Å². The van der Waals surface area contributed by atoms with E-state index in [1.807, 2.05) is 25.1 Å². The first-order chi connectivity index (χ1) is 13.5. The molecule has 0 saturated heterocycles. The third kappa shape index (κ3) is 4.48. The highest BCUT2D eigenvalue weighted by Crippen LogP contribution is 2.25. The second-order valence-corrected chi connectivity index (χ2v) is 6.65. The first-order valence-corrected chi connectivity index (χ1v) is 9.12. The SMILES string of the molecule is CCc1cc(NCC(c2c(F)cccc2F)N(C)C)nc(-c2ccncc2)n1. The number of pyridine rings is 1. The monoisotopic (exact) mass is 383 g/mol. The standard InChI is InChI=1S/C21H23F2N5/c1-4-15-12-19(27-21(26-15)14-8-10-24-11-9-14)25-13-18(28(2)3)20-16(22)6-5-7-17(20)23/h5-12,18H,4,13H2,1-3H3,(H,25,26,27). The van der Waals surface area contributed by atoms with Crippen LogP contribution < -0.4 is 5.32 Å². The molecule has 1 atom stereocenters. The molecule has 3 aromatic rings. The Morgan fingerprint density at radius 3 is 2.32 bits per heavy atom. The van der Waals surface area contributed by atoms with Crippen molar-refractivity contribution in [2.45, 2.75) is 19.4 Å². The highest BCUT2D eigenvalue weighted by atomic mass is 19.1. The van der Waals surface area contributed by atoms with Crippen molar-refractivity contribution < 1.29 is 8.78 Å². The molecule has 3 rings (SSSR count). The summed E-state index contributed by atoms with van der Waals surface area (Å²) >= 11 is 0. The average molecular weight is 383 g/mol. The van der Waals surface area contributed by atoms with E-state index in [0.717, 1.165) is 17.7 Å². The van der Waals surface area contributed by atoms with E-state index in [0.29, 0.717) is 18.2 Å². The fraction of sp³-hybridized carbons (Fsp3) is 0.286. The Morgan fingerprint density at radius 2 is 1.71 bits per heavy atom. The number of hydrogen-bond donors (Lipinski definition) is 1. The normalized spacial score (nSPS) is 12.2. The zero-order valence-corrected chi connectivity index (χ0v) is 16.2. The van der Waals surface area contributed by atoms with Gasteiger partial charge in [-0.2, -0.15) is 0 Å². The van der Waals surface area contributed by atoms with Gasteiger partial charge in [0.15, 0.2) is 5.82 Å². The molecule has 0 spiro atoms. The second-order valence-electron chi connectivity index (χ2n) is 6.65. The average Bonchev–Trinajstić information content (AvgIpc) is 2.70. The predicted octanol–water partition coefficient (Wildman–Crippen LogP) is 4.09. The molecule has 2 aromatic heterocycles. The van der Waals surface area contributed by atoms with Gasteiger partial charge in [-0.3, -0.25) is 4.98 Å². The van der Waals surface area contributed by atoms with E-state index in [2.05, 4.69) is 20.3 Å². The van der Waals surface area contributed by atoms with Crippen molar-refractivity contribution in [1.82, 2.24) is 19.9 Å². The fourth-order valence-corrected chi connectivity index (χ4v) is 2.97. The summed E-state index contributed by atoms with van der Waals surface area (Å²) in [5, 5.41) is 3.22. The zero-order chi connectivity index (χ0) is 20.1. The van der Waals surface area contributed by atoms with Crippen LogP contribution >= 0.6 is 0 Å². The van der Waals surface area contributed by atoms with Crippen LogP contribution in [0.15, 0.2) is 48.8 Å². The summed E-state index contributed by atoms with van der Waals surface area (Å²) in [6, 6.07) is 8.96. The van der Waals surface area contributed by atoms with E-state index >= 15 is 0 Å². The van der Waals surface area contributed by atoms with Crippen molar-refractivity contribution >= 4 is 5.82 Å². The summed E-state index contributed by atoms with van der Waals surface area (Å²) in [4.78, 5) is 14.9. The van der Waals surface area contributed by atoms with Gasteiger partial charge in [0.05, 0.1) is 6.04 Å². The lowest BCUT2D eigenvalue weighted by molar-refractivity contribution is 0.295. The topological polar surface area (TPSA) is 53.9 Å². The number of likely N-dealkylation sites (N-methyl/N-ethyl adjacent to an activating group) is 1. The van der Waals surface area contributed by atoms with Crippen LogP contribution in [0.4, 0.5) is 14.6 Å². The van der Waals surface area contributed by atoms with E-state index in [4.69, 9.17) is 0 Å². The lowest BCUT2D eigenvalue weighted by atomic mass is 10.0. The van der Waals surface area contributed by atoms with Crippen LogP contribution in [0.2, 0.25) is 0 Å². The Balaban J connectivity index is 1.88. The first-order valence-electron chi connectivity index (χ1n) is 9.12. The third-order valence-electron chi connectivity index (χ3n) is 4.51. The summed E-state index contributed by atoms with van der Waals surface area (Å²) in [7, 11) is 3.58. The highest BCUT2D eigenvalue weighted by molar-refractivity contribution is 5.56. The molecule has 1 N–H and O–H groups in total. The molecule has 1 aromatic carbocycles. The number of rotatable bonds is 7. The minimum atomic E-state index is -0.560. The Morgan fingerprint density at radius 1 is 1.04 bits per heavy atom. The van der Waals surface area contributed by atoms with Gasteiger partial charge in [0.25, 0.3) is 0 Å². The maximum absolute atomic E-state index is 14.3. The minimum Gasteiger partial charge on any atom is -0.368 e. The van der Waals surface area contributed by atoms with Crippen LogP contribution in [0.1, 0.15) is 24.2 Å². The fourth-order valence-electron chi connectivity index (χ4n) is 2.97. The van der Waals surface area contributed by atoms with Crippen LogP contribution in [-0.4, -0.2) is 40.5 Å². The van der Waals surface area contributed by atoms with E-state index in [1.54, 1.807) is 31.4 Å². The number of benzene rings is 1. The van der Waals surface area contributed by atoms with Crippen molar-refractivity contribution in [1.29, 1.82) is 0 Å². The molecule has 2 heterocycles. The molecule has 0 aliphatic rings. The van der Waals surface area contributed by atoms with Gasteiger partial charge in [-0.05, 0) is 44.8 Å². The molecule has 146 valence electrons. The van der Waals surface area contributed by atoms with Gasteiger partial charge < -0.3 is 10.2 Å². The van der Waals surface area contributed by atoms with Gasteiger partial charge in [-0.25, -0.2) is 18.7 Å². The smallest absolute Gasteiger partial charge is 0.161 e. The number of nitrogens with zero attached hydrogens (tertiary/aromatic N) is 4. The van der Waals surface area contributed by atoms with Crippen LogP contribution in [0.3, 0.4) is 0 Å². The number of aryl methyl sites for hydroxylation is 1. The Hall–Kier alpha value is -2.93. The van der Waals surface area contributed by atoms with Crippen LogP contribution in [0.25, 0.3) is 11.4 Å². The van der Waals surface area contributed by atoms with Gasteiger partial charge in [-0.1, -0.05) is 13.0 Å². The van der Waals surface area contributed by atoms with Crippen molar-refractivity contribution in [3.05, 3.63) is 71.7 Å². The molecular formula is C21H23F2N5. The molecule has 0 saturated carbocycles. The Kier molecular flexibility index (Phi) is 6.26. The van der Waals surface area contributed by atoms with E-state index in [1.165, 1.54) is 18.2 Å². The number of hydrogen-bond acceptors (Lipinski definition) is 5. The highest BCUT2D eigenvalue weighted by Gasteiger charge is 2.22. The third-order valence-corrected chi connectivity index (χ3v) is 4.51. The first kappa shape index (κ1) is 19.8. The molecule has 0 radical (unpaired) electrons. The molecule has 7 heteroatoms. The van der Waals surface area contributed by atoms with Gasteiger partial charge in [0.1, 0.15) is 17.5 Å². The molecule has 0 bridgehead atoms. The quantitative estimate of drug-likeness (QED) is 0.666. The van der Waals surface area contributed by atoms with Gasteiger partial charge >= 0.3 is 0 Å². The summed E-state index contributed by atoms with van der Waals surface area (Å²) in [5.41, 5.74) is 1.78. The summed E-state index contributed by atoms with van der Waals surface area (Å²) < 4.78 is 28.5. The molecule has 0 aliphatic carbocycles. The molecular weight excluding hydrogens is 360 g/mol. The van der Waals surface area contributed by atoms with Crippen molar-refractivity contribution in [2.24, 2.45) is 0 Å². The summed E-state index contributed by atoms with van der Waals surface area (Å²) in [5.74, 6) is 0.0785. The molecule has 5 nitrogen and oxygen atoms in total. The van der Waals surface area contributed by atoms with Gasteiger partial charge in [0, 0.05) is 41.8 Å². The van der Waals surface area contributed by atoms with Crippen LogP contribution in [-0.2, 0) is 6.42 Å². The van der Waals surface area contributed by atoms with Crippen molar-refractivity contribution in [3.63, 3.8) is 0 Å². The van der Waals surface area contributed by atoms with Crippen molar-refractivity contribution in [2.75, 3.05) is 26.0 Å². The lowest BCUT2D eigenvalue weighted by Gasteiger charge is -2.26. The van der Waals surface area contributed by atoms with Crippen LogP contribution in [0, 0.1) is 11.6 Å². The largest absolute Gasteiger partial charge is 0.368 e. The molecule has 0 amide bonds. The summed E-state index contributed by atoms with van der Waals surface area (Å²) in [6.45, 7) is 2.31. The second kappa shape index (κ2) is 8.84. The maximum Gasteiger partial charge on any atom is 0.161 e. The zero-order valence-electron chi connectivity index (χ0n) is 16.2. The summed E-state index contributed by atoms with van der Waals surface area (Å²) in [6.07, 6.45) is 4.12. The number of nitrogens with one attached hydrogen (secondary N) is 1. The van der Waals surface area contributed by atoms with E-state index in [9.17, 15) is 8.78 Å². The van der Waals surface area contributed by atoms with Crippen LogP contribution in [0.5, 0.6) is 0 Å². The Bertz CT molecular complexity index is 911. The predicted molar refractivity (Wildman–Crippen MR) is 106 cm³/mol. The van der Waals surface area contributed by atoms with E-state index < -0.39 is 17.7 Å². The van der Waals surface area contributed by atoms with Gasteiger partial charge in [-0.15, -0.1) is 0 Å². The number of anilines is 1. The molecule has 28 heavy (non-hydrogen) atoms. The number of aromatic nitrogens is 3.